The maximum Gasteiger partial charge on any atom is 0.254 e. The van der Waals surface area contributed by atoms with E-state index in [1.54, 1.807) is 17.4 Å². The Morgan fingerprint density at radius 3 is 2.88 bits per heavy atom. The summed E-state index contributed by atoms with van der Waals surface area (Å²) >= 11 is 1.66. The van der Waals surface area contributed by atoms with Crippen molar-refractivity contribution in [2.45, 2.75) is 37.8 Å². The highest BCUT2D eigenvalue weighted by atomic mass is 32.1. The van der Waals surface area contributed by atoms with E-state index < -0.39 is 0 Å². The Balaban J connectivity index is 1.48. The van der Waals surface area contributed by atoms with Crippen molar-refractivity contribution in [3.05, 3.63) is 52.2 Å². The molecule has 2 aliphatic heterocycles. The molecule has 2 fully saturated rings. The van der Waals surface area contributed by atoms with Gasteiger partial charge in [0.2, 0.25) is 0 Å². The number of carbonyl (C=O) groups is 2. The van der Waals surface area contributed by atoms with Gasteiger partial charge in [0, 0.05) is 24.4 Å². The fourth-order valence-corrected chi connectivity index (χ4v) is 4.43. The van der Waals surface area contributed by atoms with Gasteiger partial charge in [0.25, 0.3) is 11.8 Å². The molecule has 1 N–H and O–H groups in total. The third-order valence-electron chi connectivity index (χ3n) is 5.04. The van der Waals surface area contributed by atoms with Crippen LogP contribution in [-0.4, -0.2) is 36.0 Å². The van der Waals surface area contributed by atoms with Crippen LogP contribution in [0.3, 0.4) is 0 Å². The molecule has 1 aromatic carbocycles. The van der Waals surface area contributed by atoms with Gasteiger partial charge in [-0.2, -0.15) is 11.3 Å². The fraction of sp³-hybridized carbons (Fsp3) is 0.400. The molecular weight excluding hydrogens is 348 g/mol. The van der Waals surface area contributed by atoms with E-state index in [4.69, 9.17) is 4.74 Å². The monoisotopic (exact) mass is 370 g/mol. The summed E-state index contributed by atoms with van der Waals surface area (Å²) < 4.78 is 5.42. The zero-order chi connectivity index (χ0) is 17.9. The van der Waals surface area contributed by atoms with Crippen LogP contribution in [0.5, 0.6) is 0 Å². The van der Waals surface area contributed by atoms with Crippen molar-refractivity contribution < 1.29 is 14.3 Å². The van der Waals surface area contributed by atoms with Crippen LogP contribution in [0.25, 0.3) is 0 Å². The zero-order valence-electron chi connectivity index (χ0n) is 14.5. The molecule has 5 nitrogen and oxygen atoms in total. The number of hydrogen-bond donors (Lipinski definition) is 1. The number of carbonyl (C=O) groups excluding carboxylic acids is 2. The lowest BCUT2D eigenvalue weighted by Crippen LogP contribution is -2.30. The minimum Gasteiger partial charge on any atom is -0.368 e. The summed E-state index contributed by atoms with van der Waals surface area (Å²) in [5.74, 6) is -0.115. The first-order chi connectivity index (χ1) is 12.7. The van der Waals surface area contributed by atoms with E-state index in [0.717, 1.165) is 32.2 Å². The van der Waals surface area contributed by atoms with E-state index in [0.29, 0.717) is 17.9 Å². The Hall–Kier alpha value is -2.18. The molecule has 1 aromatic heterocycles. The Morgan fingerprint density at radius 1 is 1.19 bits per heavy atom. The Bertz CT molecular complexity index is 784. The predicted octanol–water partition coefficient (Wildman–Crippen LogP) is 3.84. The van der Waals surface area contributed by atoms with Gasteiger partial charge in [0.1, 0.15) is 6.10 Å². The number of anilines is 1. The number of amides is 2. The van der Waals surface area contributed by atoms with Crippen LogP contribution in [0.2, 0.25) is 0 Å². The summed E-state index contributed by atoms with van der Waals surface area (Å²) in [6.07, 6.45) is 3.30. The standard InChI is InChI=1S/C20H22N2O3S/c23-19(18-7-3-10-25-18)21-16-5-1-4-14(12-16)20(24)22-9-2-6-17(22)15-8-11-26-13-15/h1,4-5,8,11-13,17-18H,2-3,6-7,9-10H2,(H,21,23)/t17-,18+/m1/s1. The second-order valence-electron chi connectivity index (χ2n) is 6.78. The van der Waals surface area contributed by atoms with E-state index in [2.05, 4.69) is 22.1 Å². The fourth-order valence-electron chi connectivity index (χ4n) is 3.72. The van der Waals surface area contributed by atoms with Gasteiger partial charge < -0.3 is 15.0 Å². The summed E-state index contributed by atoms with van der Waals surface area (Å²) in [6.45, 7) is 1.40. The summed E-state index contributed by atoms with van der Waals surface area (Å²) in [4.78, 5) is 27.2. The van der Waals surface area contributed by atoms with Crippen LogP contribution >= 0.6 is 11.3 Å². The first-order valence-corrected chi connectivity index (χ1v) is 10.0. The van der Waals surface area contributed by atoms with Crippen molar-refractivity contribution in [1.29, 1.82) is 0 Å². The van der Waals surface area contributed by atoms with E-state index in [9.17, 15) is 9.59 Å². The second-order valence-corrected chi connectivity index (χ2v) is 7.57. The second kappa shape index (κ2) is 7.60. The van der Waals surface area contributed by atoms with Crippen molar-refractivity contribution in [1.82, 2.24) is 4.90 Å². The van der Waals surface area contributed by atoms with Gasteiger partial charge in [-0.15, -0.1) is 0 Å². The zero-order valence-corrected chi connectivity index (χ0v) is 15.3. The van der Waals surface area contributed by atoms with Crippen molar-refractivity contribution in [2.75, 3.05) is 18.5 Å². The Morgan fingerprint density at radius 2 is 2.12 bits per heavy atom. The van der Waals surface area contributed by atoms with Gasteiger partial charge in [0.15, 0.2) is 0 Å². The van der Waals surface area contributed by atoms with Crippen LogP contribution in [-0.2, 0) is 9.53 Å². The summed E-state index contributed by atoms with van der Waals surface area (Å²) in [5, 5.41) is 7.05. The number of nitrogens with one attached hydrogen (secondary N) is 1. The van der Waals surface area contributed by atoms with Gasteiger partial charge in [-0.25, -0.2) is 0 Å². The van der Waals surface area contributed by atoms with Crippen LogP contribution in [0, 0.1) is 0 Å². The average Bonchev–Trinajstić information content (AvgIpc) is 3.43. The van der Waals surface area contributed by atoms with Crippen molar-refractivity contribution in [3.63, 3.8) is 0 Å². The molecule has 0 bridgehead atoms. The molecule has 3 heterocycles. The summed E-state index contributed by atoms with van der Waals surface area (Å²) in [7, 11) is 0. The minimum absolute atomic E-state index is 0.0203. The van der Waals surface area contributed by atoms with Crippen LogP contribution in [0.4, 0.5) is 5.69 Å². The first-order valence-electron chi connectivity index (χ1n) is 9.08. The van der Waals surface area contributed by atoms with E-state index in [1.165, 1.54) is 5.56 Å². The molecule has 2 amide bonds. The molecule has 26 heavy (non-hydrogen) atoms. The summed E-state index contributed by atoms with van der Waals surface area (Å²) in [6, 6.07) is 9.45. The number of benzene rings is 1. The topological polar surface area (TPSA) is 58.6 Å². The van der Waals surface area contributed by atoms with Crippen LogP contribution in [0.15, 0.2) is 41.1 Å². The highest BCUT2D eigenvalue weighted by Gasteiger charge is 2.31. The Kier molecular flexibility index (Phi) is 5.04. The third kappa shape index (κ3) is 3.52. The first kappa shape index (κ1) is 17.2. The maximum absolute atomic E-state index is 13.0. The lowest BCUT2D eigenvalue weighted by Gasteiger charge is -2.24. The maximum atomic E-state index is 13.0. The SMILES string of the molecule is O=C(Nc1cccc(C(=O)N2CCC[C@@H]2c2ccsc2)c1)[C@@H]1CCCO1. The molecule has 2 aromatic rings. The quantitative estimate of drug-likeness (QED) is 0.889. The molecule has 0 spiro atoms. The number of hydrogen-bond acceptors (Lipinski definition) is 4. The number of thiophene rings is 1. The molecule has 0 aliphatic carbocycles. The average molecular weight is 370 g/mol. The molecular formula is C20H22N2O3S. The molecule has 6 heteroatoms. The molecule has 136 valence electrons. The number of ether oxygens (including phenoxy) is 1. The highest BCUT2D eigenvalue weighted by molar-refractivity contribution is 7.08. The van der Waals surface area contributed by atoms with E-state index in [-0.39, 0.29) is 24.0 Å². The highest BCUT2D eigenvalue weighted by Crippen LogP contribution is 2.34. The third-order valence-corrected chi connectivity index (χ3v) is 5.74. The van der Waals surface area contributed by atoms with Crippen LogP contribution in [0.1, 0.15) is 47.6 Å². The van der Waals surface area contributed by atoms with Crippen molar-refractivity contribution in [3.8, 4) is 0 Å². The van der Waals surface area contributed by atoms with E-state index >= 15 is 0 Å². The normalized spacial score (nSPS) is 22.5. The van der Waals surface area contributed by atoms with E-state index in [1.807, 2.05) is 23.1 Å². The smallest absolute Gasteiger partial charge is 0.254 e. The van der Waals surface area contributed by atoms with Gasteiger partial charge in [-0.05, 0) is 66.3 Å². The number of rotatable bonds is 4. The lowest BCUT2D eigenvalue weighted by molar-refractivity contribution is -0.124. The lowest BCUT2D eigenvalue weighted by atomic mass is 10.1. The largest absolute Gasteiger partial charge is 0.368 e. The summed E-state index contributed by atoms with van der Waals surface area (Å²) in [5.41, 5.74) is 2.46. The number of nitrogens with zero attached hydrogens (tertiary/aromatic N) is 1. The predicted molar refractivity (Wildman–Crippen MR) is 101 cm³/mol. The number of likely N-dealkylation sites (tertiary alicyclic amines) is 1. The van der Waals surface area contributed by atoms with Gasteiger partial charge in [-0.3, -0.25) is 9.59 Å². The van der Waals surface area contributed by atoms with Crippen molar-refractivity contribution >= 4 is 28.8 Å². The molecule has 0 radical (unpaired) electrons. The minimum atomic E-state index is -0.379. The molecule has 4 rings (SSSR count). The van der Waals surface area contributed by atoms with Crippen molar-refractivity contribution in [2.24, 2.45) is 0 Å². The van der Waals surface area contributed by atoms with Gasteiger partial charge >= 0.3 is 0 Å². The van der Waals surface area contributed by atoms with Gasteiger partial charge in [0.05, 0.1) is 6.04 Å². The van der Waals surface area contributed by atoms with Gasteiger partial charge in [-0.1, -0.05) is 6.07 Å². The molecule has 2 aliphatic rings. The Labute approximate surface area is 157 Å². The molecule has 2 atom stereocenters. The molecule has 2 saturated heterocycles. The van der Waals surface area contributed by atoms with Crippen LogP contribution < -0.4 is 5.32 Å². The molecule has 0 unspecified atom stereocenters. The molecule has 0 saturated carbocycles.